The van der Waals surface area contributed by atoms with Gasteiger partial charge in [0.05, 0.1) is 10.5 Å². The van der Waals surface area contributed by atoms with Crippen LogP contribution < -0.4 is 4.90 Å². The Bertz CT molecular complexity index is 892. The summed E-state index contributed by atoms with van der Waals surface area (Å²) in [6.07, 6.45) is -1.14. The third-order valence-corrected chi connectivity index (χ3v) is 7.64. The molecule has 0 bridgehead atoms. The van der Waals surface area contributed by atoms with E-state index in [2.05, 4.69) is 0 Å². The SMILES string of the molecule is CC(C1CC1)N(CC(F)(F)F)C(=O)c1cc(S(=O)(=O)N(C)C)ccc1N1CCCC1. The smallest absolute Gasteiger partial charge is 0.371 e. The van der Waals surface area contributed by atoms with Gasteiger partial charge in [0.15, 0.2) is 0 Å². The van der Waals surface area contributed by atoms with E-state index >= 15 is 0 Å². The molecule has 0 spiro atoms. The number of sulfonamides is 1. The first-order valence-corrected chi connectivity index (χ1v) is 11.5. The van der Waals surface area contributed by atoms with E-state index in [1.54, 1.807) is 13.0 Å². The maximum absolute atomic E-state index is 13.4. The highest BCUT2D eigenvalue weighted by molar-refractivity contribution is 7.89. The number of carbonyl (C=O) groups excluding carboxylic acids is 1. The van der Waals surface area contributed by atoms with E-state index in [1.807, 2.05) is 4.90 Å². The fourth-order valence-corrected chi connectivity index (χ4v) is 4.80. The Hall–Kier alpha value is -1.81. The van der Waals surface area contributed by atoms with Gasteiger partial charge in [0.2, 0.25) is 10.0 Å². The molecular weight excluding hydrogens is 419 g/mol. The predicted molar refractivity (Wildman–Crippen MR) is 108 cm³/mol. The van der Waals surface area contributed by atoms with Gasteiger partial charge in [-0.15, -0.1) is 0 Å². The number of hydrogen-bond acceptors (Lipinski definition) is 4. The lowest BCUT2D eigenvalue weighted by Gasteiger charge is -2.32. The number of alkyl halides is 3. The number of halogens is 3. The van der Waals surface area contributed by atoms with E-state index in [4.69, 9.17) is 0 Å². The van der Waals surface area contributed by atoms with Gasteiger partial charge in [0.25, 0.3) is 5.91 Å². The van der Waals surface area contributed by atoms with Crippen molar-refractivity contribution in [1.29, 1.82) is 0 Å². The van der Waals surface area contributed by atoms with Crippen molar-refractivity contribution in [3.63, 3.8) is 0 Å². The first kappa shape index (κ1) is 22.9. The average Bonchev–Trinajstić information content (AvgIpc) is 3.38. The summed E-state index contributed by atoms with van der Waals surface area (Å²) in [5, 5.41) is 0. The monoisotopic (exact) mass is 447 g/mol. The van der Waals surface area contributed by atoms with Gasteiger partial charge in [-0.3, -0.25) is 4.79 Å². The molecule has 0 N–H and O–H groups in total. The van der Waals surface area contributed by atoms with Crippen molar-refractivity contribution in [3.05, 3.63) is 23.8 Å². The number of anilines is 1. The van der Waals surface area contributed by atoms with Gasteiger partial charge in [-0.25, -0.2) is 12.7 Å². The van der Waals surface area contributed by atoms with E-state index in [-0.39, 0.29) is 16.4 Å². The minimum absolute atomic E-state index is 0.0107. The third-order valence-electron chi connectivity index (χ3n) is 5.83. The summed E-state index contributed by atoms with van der Waals surface area (Å²) in [6.45, 7) is 1.64. The molecule has 2 aliphatic rings. The molecule has 3 rings (SSSR count). The van der Waals surface area contributed by atoms with Crippen LogP contribution in [0.2, 0.25) is 0 Å². The van der Waals surface area contributed by atoms with Crippen LogP contribution >= 0.6 is 0 Å². The number of rotatable bonds is 7. The minimum Gasteiger partial charge on any atom is -0.371 e. The van der Waals surface area contributed by atoms with E-state index < -0.39 is 34.7 Å². The zero-order valence-electron chi connectivity index (χ0n) is 17.4. The third kappa shape index (κ3) is 4.91. The second-order valence-electron chi connectivity index (χ2n) is 8.29. The van der Waals surface area contributed by atoms with Crippen LogP contribution in [0.1, 0.15) is 43.0 Å². The van der Waals surface area contributed by atoms with Crippen molar-refractivity contribution in [2.24, 2.45) is 5.92 Å². The largest absolute Gasteiger partial charge is 0.406 e. The van der Waals surface area contributed by atoms with Crippen molar-refractivity contribution in [3.8, 4) is 0 Å². The Morgan fingerprint density at radius 3 is 2.30 bits per heavy atom. The van der Waals surface area contributed by atoms with Gasteiger partial charge >= 0.3 is 6.18 Å². The van der Waals surface area contributed by atoms with Crippen LogP contribution in [0.3, 0.4) is 0 Å². The Morgan fingerprint density at radius 1 is 1.20 bits per heavy atom. The minimum atomic E-state index is -4.54. The molecule has 30 heavy (non-hydrogen) atoms. The number of amides is 1. The molecular formula is C20H28F3N3O3S. The number of benzene rings is 1. The van der Waals surface area contributed by atoms with Crippen molar-refractivity contribution < 1.29 is 26.4 Å². The molecule has 1 unspecified atom stereocenters. The standard InChI is InChI=1S/C20H28F3N3O3S/c1-14(15-6-7-15)26(13-20(21,22)23)19(27)17-12-16(30(28,29)24(2)3)8-9-18(17)25-10-4-5-11-25/h8-9,12,14-15H,4-7,10-11,13H2,1-3H3. The summed E-state index contributed by atoms with van der Waals surface area (Å²) in [7, 11) is -1.09. The van der Waals surface area contributed by atoms with Crippen LogP contribution in [0, 0.1) is 5.92 Å². The maximum Gasteiger partial charge on any atom is 0.406 e. The zero-order chi connectivity index (χ0) is 22.3. The van der Waals surface area contributed by atoms with E-state index in [9.17, 15) is 26.4 Å². The molecule has 168 valence electrons. The summed E-state index contributed by atoms with van der Waals surface area (Å²) < 4.78 is 66.1. The molecule has 0 aromatic heterocycles. The van der Waals surface area contributed by atoms with Crippen LogP contribution in [0.15, 0.2) is 23.1 Å². The van der Waals surface area contributed by atoms with Crippen LogP contribution in [-0.2, 0) is 10.0 Å². The molecule has 1 amide bonds. The molecule has 1 aromatic carbocycles. The first-order chi connectivity index (χ1) is 13.9. The Labute approximate surface area is 175 Å². The molecule has 1 aliphatic carbocycles. The summed E-state index contributed by atoms with van der Waals surface area (Å²) >= 11 is 0. The second kappa shape index (κ2) is 8.37. The van der Waals surface area contributed by atoms with Gasteiger partial charge in [-0.1, -0.05) is 0 Å². The lowest BCUT2D eigenvalue weighted by atomic mass is 10.1. The van der Waals surface area contributed by atoms with Crippen molar-refractivity contribution >= 4 is 21.6 Å². The summed E-state index contributed by atoms with van der Waals surface area (Å²) in [5.41, 5.74) is 0.502. The fourth-order valence-electron chi connectivity index (χ4n) is 3.87. The highest BCUT2D eigenvalue weighted by Gasteiger charge is 2.41. The van der Waals surface area contributed by atoms with Crippen LogP contribution in [0.25, 0.3) is 0 Å². The summed E-state index contributed by atoms with van der Waals surface area (Å²) in [6, 6.07) is 3.62. The van der Waals surface area contributed by atoms with E-state index in [0.29, 0.717) is 18.8 Å². The molecule has 1 saturated heterocycles. The lowest BCUT2D eigenvalue weighted by Crippen LogP contribution is -2.46. The highest BCUT2D eigenvalue weighted by atomic mass is 32.2. The Kier molecular flexibility index (Phi) is 6.38. The number of hydrogen-bond donors (Lipinski definition) is 0. The normalized spacial score (nSPS) is 18.7. The van der Waals surface area contributed by atoms with E-state index in [0.717, 1.165) is 34.9 Å². The van der Waals surface area contributed by atoms with Crippen molar-refractivity contribution in [2.45, 2.75) is 49.7 Å². The van der Waals surface area contributed by atoms with Crippen molar-refractivity contribution in [2.75, 3.05) is 38.6 Å². The predicted octanol–water partition coefficient (Wildman–Crippen LogP) is 3.34. The van der Waals surface area contributed by atoms with Gasteiger partial charge in [-0.2, -0.15) is 13.2 Å². The van der Waals surface area contributed by atoms with Crippen LogP contribution in [-0.4, -0.2) is 69.5 Å². The first-order valence-electron chi connectivity index (χ1n) is 10.1. The van der Waals surface area contributed by atoms with E-state index in [1.165, 1.54) is 26.2 Å². The molecule has 2 fully saturated rings. The van der Waals surface area contributed by atoms with Crippen LogP contribution in [0.4, 0.5) is 18.9 Å². The van der Waals surface area contributed by atoms with Gasteiger partial charge in [0.1, 0.15) is 6.54 Å². The topological polar surface area (TPSA) is 60.9 Å². The molecule has 1 aromatic rings. The van der Waals surface area contributed by atoms with Crippen LogP contribution in [0.5, 0.6) is 0 Å². The molecule has 1 aliphatic heterocycles. The molecule has 1 heterocycles. The highest BCUT2D eigenvalue weighted by Crippen LogP contribution is 2.38. The quantitative estimate of drug-likeness (QED) is 0.643. The average molecular weight is 448 g/mol. The Balaban J connectivity index is 2.07. The summed E-state index contributed by atoms with van der Waals surface area (Å²) in [5.74, 6) is -0.732. The second-order valence-corrected chi connectivity index (χ2v) is 10.4. The fraction of sp³-hybridized carbons (Fsp3) is 0.650. The Morgan fingerprint density at radius 2 is 1.80 bits per heavy atom. The molecule has 6 nitrogen and oxygen atoms in total. The number of nitrogens with zero attached hydrogens (tertiary/aromatic N) is 3. The molecule has 0 radical (unpaired) electrons. The molecule has 10 heteroatoms. The zero-order valence-corrected chi connectivity index (χ0v) is 18.3. The van der Waals surface area contributed by atoms with Crippen molar-refractivity contribution in [1.82, 2.24) is 9.21 Å². The molecule has 1 saturated carbocycles. The van der Waals surface area contributed by atoms with Gasteiger partial charge < -0.3 is 9.80 Å². The number of carbonyl (C=O) groups is 1. The summed E-state index contributed by atoms with van der Waals surface area (Å²) in [4.78, 5) is 16.1. The molecule has 1 atom stereocenters. The lowest BCUT2D eigenvalue weighted by molar-refractivity contribution is -0.144. The maximum atomic E-state index is 13.4. The van der Waals surface area contributed by atoms with Gasteiger partial charge in [-0.05, 0) is 56.7 Å². The van der Waals surface area contributed by atoms with Gasteiger partial charge in [0, 0.05) is 38.9 Å².